The molecule has 2 heterocycles. The van der Waals surface area contributed by atoms with E-state index in [1.165, 1.54) is 11.1 Å². The van der Waals surface area contributed by atoms with Gasteiger partial charge in [0, 0.05) is 18.9 Å². The summed E-state index contributed by atoms with van der Waals surface area (Å²) in [7, 11) is 0. The van der Waals surface area contributed by atoms with Crippen LogP contribution in [0.3, 0.4) is 0 Å². The standard InChI is InChI=1S/C15H16N2O/c16-9-12-2-1-3-14(8-12)15(10-18-11-15)13-4-6-17-7-5-13/h1-8H,9-11,16H2. The van der Waals surface area contributed by atoms with Gasteiger partial charge in [-0.3, -0.25) is 4.98 Å². The lowest BCUT2D eigenvalue weighted by Gasteiger charge is -2.42. The lowest BCUT2D eigenvalue weighted by atomic mass is 9.73. The molecule has 0 atom stereocenters. The van der Waals surface area contributed by atoms with Crippen molar-refractivity contribution >= 4 is 0 Å². The summed E-state index contributed by atoms with van der Waals surface area (Å²) < 4.78 is 5.47. The van der Waals surface area contributed by atoms with E-state index in [1.807, 2.05) is 12.4 Å². The van der Waals surface area contributed by atoms with Gasteiger partial charge in [-0.15, -0.1) is 0 Å². The molecule has 1 saturated heterocycles. The summed E-state index contributed by atoms with van der Waals surface area (Å²) in [5, 5.41) is 0. The molecule has 2 N–H and O–H groups in total. The van der Waals surface area contributed by atoms with Crippen molar-refractivity contribution in [2.45, 2.75) is 12.0 Å². The van der Waals surface area contributed by atoms with E-state index < -0.39 is 0 Å². The largest absolute Gasteiger partial charge is 0.379 e. The third kappa shape index (κ3) is 1.72. The van der Waals surface area contributed by atoms with Gasteiger partial charge < -0.3 is 10.5 Å². The van der Waals surface area contributed by atoms with E-state index in [-0.39, 0.29) is 5.41 Å². The van der Waals surface area contributed by atoms with E-state index >= 15 is 0 Å². The Labute approximate surface area is 107 Å². The second kappa shape index (κ2) is 4.52. The molecule has 1 aliphatic heterocycles. The Kier molecular flexibility index (Phi) is 2.86. The highest BCUT2D eigenvalue weighted by molar-refractivity contribution is 5.42. The van der Waals surface area contributed by atoms with Crippen molar-refractivity contribution in [1.82, 2.24) is 4.98 Å². The van der Waals surface area contributed by atoms with Gasteiger partial charge in [0.15, 0.2) is 0 Å². The summed E-state index contributed by atoms with van der Waals surface area (Å²) in [6, 6.07) is 12.6. The van der Waals surface area contributed by atoms with Gasteiger partial charge in [-0.2, -0.15) is 0 Å². The van der Waals surface area contributed by atoms with E-state index in [0.29, 0.717) is 6.54 Å². The quantitative estimate of drug-likeness (QED) is 0.890. The van der Waals surface area contributed by atoms with Crippen LogP contribution < -0.4 is 5.73 Å². The van der Waals surface area contributed by atoms with Crippen LogP contribution in [0, 0.1) is 0 Å². The number of nitrogens with two attached hydrogens (primary N) is 1. The Bertz CT molecular complexity index is 535. The Balaban J connectivity index is 2.06. The highest BCUT2D eigenvalue weighted by Gasteiger charge is 2.41. The number of ether oxygens (including phenoxy) is 1. The zero-order valence-corrected chi connectivity index (χ0v) is 10.2. The molecular formula is C15H16N2O. The van der Waals surface area contributed by atoms with Crippen molar-refractivity contribution < 1.29 is 4.74 Å². The predicted octanol–water partition coefficient (Wildman–Crippen LogP) is 1.86. The normalized spacial score (nSPS) is 17.2. The van der Waals surface area contributed by atoms with Gasteiger partial charge in [-0.05, 0) is 28.8 Å². The minimum Gasteiger partial charge on any atom is -0.379 e. The second-order valence-corrected chi connectivity index (χ2v) is 4.72. The van der Waals surface area contributed by atoms with Gasteiger partial charge in [0.2, 0.25) is 0 Å². The third-order valence-electron chi connectivity index (χ3n) is 3.65. The van der Waals surface area contributed by atoms with Gasteiger partial charge in [0.1, 0.15) is 0 Å². The fourth-order valence-electron chi connectivity index (χ4n) is 2.47. The van der Waals surface area contributed by atoms with E-state index in [9.17, 15) is 0 Å². The van der Waals surface area contributed by atoms with Crippen LogP contribution in [0.5, 0.6) is 0 Å². The van der Waals surface area contributed by atoms with Crippen LogP contribution in [0.4, 0.5) is 0 Å². The molecule has 0 bridgehead atoms. The maximum atomic E-state index is 5.72. The van der Waals surface area contributed by atoms with E-state index in [4.69, 9.17) is 10.5 Å². The molecule has 0 unspecified atom stereocenters. The van der Waals surface area contributed by atoms with Gasteiger partial charge in [0.05, 0.1) is 18.6 Å². The first-order chi connectivity index (χ1) is 8.85. The summed E-state index contributed by atoms with van der Waals surface area (Å²) in [6.45, 7) is 2.02. The number of rotatable bonds is 3. The summed E-state index contributed by atoms with van der Waals surface area (Å²) in [4.78, 5) is 4.08. The molecule has 92 valence electrons. The fraction of sp³-hybridized carbons (Fsp3) is 0.267. The van der Waals surface area contributed by atoms with Crippen molar-refractivity contribution in [3.05, 3.63) is 65.5 Å². The van der Waals surface area contributed by atoms with E-state index in [1.54, 1.807) is 0 Å². The molecule has 1 aromatic carbocycles. The Morgan fingerprint density at radius 2 is 1.89 bits per heavy atom. The first-order valence-electron chi connectivity index (χ1n) is 6.13. The summed E-state index contributed by atoms with van der Waals surface area (Å²) in [6.07, 6.45) is 3.67. The third-order valence-corrected chi connectivity index (χ3v) is 3.65. The van der Waals surface area contributed by atoms with Crippen molar-refractivity contribution in [2.75, 3.05) is 13.2 Å². The van der Waals surface area contributed by atoms with Gasteiger partial charge >= 0.3 is 0 Å². The number of nitrogens with zero attached hydrogens (tertiary/aromatic N) is 1. The SMILES string of the molecule is NCc1cccc(C2(c3ccncc3)COC2)c1. The lowest BCUT2D eigenvalue weighted by molar-refractivity contribution is -0.0380. The molecule has 0 radical (unpaired) electrons. The average Bonchev–Trinajstić information content (AvgIpc) is 2.39. The maximum absolute atomic E-state index is 5.72. The Hall–Kier alpha value is -1.71. The first kappa shape index (κ1) is 11.4. The molecule has 0 spiro atoms. The predicted molar refractivity (Wildman–Crippen MR) is 70.2 cm³/mol. The van der Waals surface area contributed by atoms with Crippen LogP contribution >= 0.6 is 0 Å². The van der Waals surface area contributed by atoms with Crippen LogP contribution in [-0.4, -0.2) is 18.2 Å². The molecule has 1 aliphatic rings. The molecule has 1 fully saturated rings. The van der Waals surface area contributed by atoms with Gasteiger partial charge in [0.25, 0.3) is 0 Å². The summed E-state index contributed by atoms with van der Waals surface area (Å²) in [5.41, 5.74) is 9.40. The van der Waals surface area contributed by atoms with Crippen molar-refractivity contribution in [1.29, 1.82) is 0 Å². The Morgan fingerprint density at radius 3 is 2.50 bits per heavy atom. The zero-order chi connectivity index (χ0) is 12.4. The highest BCUT2D eigenvalue weighted by Crippen LogP contribution is 2.39. The van der Waals surface area contributed by atoms with Crippen molar-refractivity contribution in [3.8, 4) is 0 Å². The molecule has 2 aromatic rings. The molecule has 3 heteroatoms. The second-order valence-electron chi connectivity index (χ2n) is 4.72. The van der Waals surface area contributed by atoms with Crippen molar-refractivity contribution in [2.24, 2.45) is 5.73 Å². The van der Waals surface area contributed by atoms with Crippen LogP contribution in [0.15, 0.2) is 48.8 Å². The number of benzene rings is 1. The monoisotopic (exact) mass is 240 g/mol. The average molecular weight is 240 g/mol. The topological polar surface area (TPSA) is 48.1 Å². The van der Waals surface area contributed by atoms with Crippen molar-refractivity contribution in [3.63, 3.8) is 0 Å². The molecule has 18 heavy (non-hydrogen) atoms. The Morgan fingerprint density at radius 1 is 1.11 bits per heavy atom. The number of aromatic nitrogens is 1. The minimum absolute atomic E-state index is 0.0197. The molecule has 0 amide bonds. The number of hydrogen-bond donors (Lipinski definition) is 1. The highest BCUT2D eigenvalue weighted by atomic mass is 16.5. The molecule has 0 aliphatic carbocycles. The van der Waals surface area contributed by atoms with Crippen LogP contribution in [-0.2, 0) is 16.7 Å². The van der Waals surface area contributed by atoms with Crippen LogP contribution in [0.1, 0.15) is 16.7 Å². The minimum atomic E-state index is -0.0197. The first-order valence-corrected chi connectivity index (χ1v) is 6.13. The summed E-state index contributed by atoms with van der Waals surface area (Å²) >= 11 is 0. The van der Waals surface area contributed by atoms with Crippen LogP contribution in [0.25, 0.3) is 0 Å². The molecule has 3 rings (SSSR count). The van der Waals surface area contributed by atoms with Gasteiger partial charge in [-0.25, -0.2) is 0 Å². The lowest BCUT2D eigenvalue weighted by Crippen LogP contribution is -2.47. The maximum Gasteiger partial charge on any atom is 0.0670 e. The molecule has 1 aromatic heterocycles. The number of hydrogen-bond acceptors (Lipinski definition) is 3. The smallest absolute Gasteiger partial charge is 0.0670 e. The summed E-state index contributed by atoms with van der Waals surface area (Å²) in [5.74, 6) is 0. The van der Waals surface area contributed by atoms with E-state index in [0.717, 1.165) is 18.8 Å². The van der Waals surface area contributed by atoms with E-state index in [2.05, 4.69) is 41.4 Å². The molecule has 0 saturated carbocycles. The molecular weight excluding hydrogens is 224 g/mol. The zero-order valence-electron chi connectivity index (χ0n) is 10.2. The van der Waals surface area contributed by atoms with Crippen LogP contribution in [0.2, 0.25) is 0 Å². The number of pyridine rings is 1. The van der Waals surface area contributed by atoms with Gasteiger partial charge in [-0.1, -0.05) is 24.3 Å². The molecule has 3 nitrogen and oxygen atoms in total. The fourth-order valence-corrected chi connectivity index (χ4v) is 2.47.